The van der Waals surface area contributed by atoms with E-state index in [0.717, 1.165) is 5.76 Å². The van der Waals surface area contributed by atoms with Gasteiger partial charge in [-0.3, -0.25) is 9.59 Å². The van der Waals surface area contributed by atoms with Crippen molar-refractivity contribution < 1.29 is 13.9 Å². The summed E-state index contributed by atoms with van der Waals surface area (Å²) in [5.74, 6) is 0.398. The minimum absolute atomic E-state index is 0.0313. The van der Waals surface area contributed by atoms with Crippen LogP contribution in [0.25, 0.3) is 4.96 Å². The van der Waals surface area contributed by atoms with E-state index in [1.807, 2.05) is 0 Å². The fourth-order valence-electron chi connectivity index (χ4n) is 1.91. The molecule has 0 saturated carbocycles. The van der Waals surface area contributed by atoms with Crippen molar-refractivity contribution in [1.29, 1.82) is 0 Å². The second kappa shape index (κ2) is 6.10. The number of aromatic nitrogens is 3. The number of rotatable bonds is 5. The Kier molecular flexibility index (Phi) is 4.01. The highest BCUT2D eigenvalue weighted by Crippen LogP contribution is 2.13. The van der Waals surface area contributed by atoms with Crippen LogP contribution in [0.4, 0.5) is 0 Å². The van der Waals surface area contributed by atoms with E-state index in [0.29, 0.717) is 22.1 Å². The Balaban J connectivity index is 1.60. The van der Waals surface area contributed by atoms with E-state index in [2.05, 4.69) is 10.1 Å². The molecule has 0 amide bonds. The van der Waals surface area contributed by atoms with Gasteiger partial charge in [0.25, 0.3) is 5.56 Å². The van der Waals surface area contributed by atoms with Crippen molar-refractivity contribution in [3.8, 4) is 0 Å². The molecule has 0 radical (unpaired) electrons. The lowest BCUT2D eigenvalue weighted by molar-refractivity contribution is -0.145. The number of fused-ring (bicyclic) bond motifs is 1. The maximum Gasteiger partial charge on any atom is 0.306 e. The third-order valence-electron chi connectivity index (χ3n) is 2.93. The molecule has 0 unspecified atom stereocenters. The first-order chi connectivity index (χ1) is 10.6. The van der Waals surface area contributed by atoms with Crippen LogP contribution in [0, 0.1) is 6.92 Å². The van der Waals surface area contributed by atoms with Gasteiger partial charge in [0.2, 0.25) is 4.96 Å². The van der Waals surface area contributed by atoms with Crippen molar-refractivity contribution >= 4 is 22.3 Å². The molecule has 3 aromatic rings. The molecule has 8 heteroatoms. The van der Waals surface area contributed by atoms with E-state index in [1.54, 1.807) is 25.3 Å². The van der Waals surface area contributed by atoms with Gasteiger partial charge in [-0.05, 0) is 19.1 Å². The summed E-state index contributed by atoms with van der Waals surface area (Å²) in [4.78, 5) is 28.1. The average Bonchev–Trinajstić information content (AvgIpc) is 3.11. The SMILES string of the molecule is Cc1cc(=O)n2nc(COC(=O)CCc3ccco3)sc2n1. The normalized spacial score (nSPS) is 11.0. The molecule has 0 aliphatic heterocycles. The smallest absolute Gasteiger partial charge is 0.306 e. The first-order valence-corrected chi connectivity index (χ1v) is 7.48. The van der Waals surface area contributed by atoms with Crippen LogP contribution < -0.4 is 5.56 Å². The van der Waals surface area contributed by atoms with Crippen molar-refractivity contribution in [3.63, 3.8) is 0 Å². The van der Waals surface area contributed by atoms with Crippen LogP contribution in [0.3, 0.4) is 0 Å². The van der Waals surface area contributed by atoms with Crippen molar-refractivity contribution in [2.45, 2.75) is 26.4 Å². The Hall–Kier alpha value is -2.48. The zero-order chi connectivity index (χ0) is 15.5. The van der Waals surface area contributed by atoms with E-state index < -0.39 is 0 Å². The Morgan fingerprint density at radius 1 is 1.50 bits per heavy atom. The Morgan fingerprint density at radius 3 is 3.14 bits per heavy atom. The molecule has 0 atom stereocenters. The fraction of sp³-hybridized carbons (Fsp3) is 0.286. The van der Waals surface area contributed by atoms with Gasteiger partial charge < -0.3 is 9.15 Å². The topological polar surface area (TPSA) is 86.7 Å². The summed E-state index contributed by atoms with van der Waals surface area (Å²) in [5, 5.41) is 4.63. The van der Waals surface area contributed by atoms with Crippen LogP contribution >= 0.6 is 11.3 Å². The largest absolute Gasteiger partial charge is 0.469 e. The summed E-state index contributed by atoms with van der Waals surface area (Å²) in [6.07, 6.45) is 2.29. The fourth-order valence-corrected chi connectivity index (χ4v) is 2.77. The number of furan rings is 1. The number of hydrogen-bond donors (Lipinski definition) is 0. The lowest BCUT2D eigenvalue weighted by Crippen LogP contribution is -2.14. The number of carbonyl (C=O) groups excluding carboxylic acids is 1. The molecule has 0 bridgehead atoms. The van der Waals surface area contributed by atoms with Crippen LogP contribution in [-0.2, 0) is 22.6 Å². The molecule has 0 aliphatic rings. The number of hydrogen-bond acceptors (Lipinski definition) is 7. The van der Waals surface area contributed by atoms with Crippen LogP contribution in [0.5, 0.6) is 0 Å². The molecule has 0 fully saturated rings. The molecule has 3 rings (SSSR count). The molecule has 22 heavy (non-hydrogen) atoms. The molecule has 114 valence electrons. The number of carbonyl (C=O) groups is 1. The van der Waals surface area contributed by atoms with Crippen molar-refractivity contribution in [3.05, 3.63) is 51.3 Å². The van der Waals surface area contributed by atoms with E-state index in [-0.39, 0.29) is 24.6 Å². The molecule has 7 nitrogen and oxygen atoms in total. The maximum atomic E-state index is 11.7. The third kappa shape index (κ3) is 3.22. The van der Waals surface area contributed by atoms with Gasteiger partial charge in [-0.25, -0.2) is 4.98 Å². The van der Waals surface area contributed by atoms with E-state index in [9.17, 15) is 9.59 Å². The molecule has 0 spiro atoms. The Bertz CT molecular complexity index is 851. The summed E-state index contributed by atoms with van der Waals surface area (Å²) in [7, 11) is 0. The van der Waals surface area contributed by atoms with Crippen molar-refractivity contribution in [2.24, 2.45) is 0 Å². The van der Waals surface area contributed by atoms with Crippen LogP contribution in [0.1, 0.15) is 22.9 Å². The van der Waals surface area contributed by atoms with Gasteiger partial charge in [-0.15, -0.1) is 0 Å². The molecule has 0 N–H and O–H groups in total. The van der Waals surface area contributed by atoms with Crippen molar-refractivity contribution in [2.75, 3.05) is 0 Å². The summed E-state index contributed by atoms with van der Waals surface area (Å²) >= 11 is 1.23. The minimum atomic E-state index is -0.341. The molecule has 3 heterocycles. The van der Waals surface area contributed by atoms with Gasteiger partial charge in [-0.2, -0.15) is 9.61 Å². The van der Waals surface area contributed by atoms with E-state index in [1.165, 1.54) is 21.9 Å². The molecular weight excluding hydrogens is 306 g/mol. The summed E-state index contributed by atoms with van der Waals surface area (Å²) < 4.78 is 11.5. The second-order valence-corrected chi connectivity index (χ2v) is 5.71. The first-order valence-electron chi connectivity index (χ1n) is 6.66. The first kappa shape index (κ1) is 14.5. The van der Waals surface area contributed by atoms with Crippen LogP contribution in [0.15, 0.2) is 33.7 Å². The van der Waals surface area contributed by atoms with Gasteiger partial charge in [0.05, 0.1) is 12.7 Å². The van der Waals surface area contributed by atoms with E-state index >= 15 is 0 Å². The van der Waals surface area contributed by atoms with E-state index in [4.69, 9.17) is 9.15 Å². The minimum Gasteiger partial charge on any atom is -0.469 e. The summed E-state index contributed by atoms with van der Waals surface area (Å²) in [6.45, 7) is 1.78. The highest BCUT2D eigenvalue weighted by Gasteiger charge is 2.10. The predicted octanol–water partition coefficient (Wildman–Crippen LogP) is 1.73. The summed E-state index contributed by atoms with van der Waals surface area (Å²) in [6, 6.07) is 4.99. The average molecular weight is 319 g/mol. The standard InChI is InChI=1S/C14H13N3O4S/c1-9-7-12(18)17-14(15-9)22-11(16-17)8-21-13(19)5-4-10-3-2-6-20-10/h2-3,6-7H,4-5,8H2,1H3. The number of aryl methyl sites for hydroxylation is 2. The van der Waals surface area contributed by atoms with Gasteiger partial charge in [0.1, 0.15) is 12.4 Å². The van der Waals surface area contributed by atoms with Gasteiger partial charge in [0.15, 0.2) is 5.01 Å². The summed E-state index contributed by atoms with van der Waals surface area (Å²) in [5.41, 5.74) is 0.393. The molecular formula is C14H13N3O4S. The number of esters is 1. The molecule has 0 aliphatic carbocycles. The Labute approximate surface area is 129 Å². The quantitative estimate of drug-likeness (QED) is 0.666. The molecule has 3 aromatic heterocycles. The predicted molar refractivity (Wildman–Crippen MR) is 78.7 cm³/mol. The monoisotopic (exact) mass is 319 g/mol. The van der Waals surface area contributed by atoms with Crippen molar-refractivity contribution in [1.82, 2.24) is 14.6 Å². The molecule has 0 aromatic carbocycles. The Morgan fingerprint density at radius 2 is 2.36 bits per heavy atom. The van der Waals surface area contributed by atoms with Gasteiger partial charge >= 0.3 is 5.97 Å². The highest BCUT2D eigenvalue weighted by atomic mass is 32.1. The number of ether oxygens (including phenoxy) is 1. The lowest BCUT2D eigenvalue weighted by Gasteiger charge is -2.00. The highest BCUT2D eigenvalue weighted by molar-refractivity contribution is 7.16. The zero-order valence-electron chi connectivity index (χ0n) is 11.8. The lowest BCUT2D eigenvalue weighted by atomic mass is 10.2. The van der Waals surface area contributed by atoms with Gasteiger partial charge in [0, 0.05) is 18.2 Å². The van der Waals surface area contributed by atoms with Crippen LogP contribution in [-0.4, -0.2) is 20.6 Å². The van der Waals surface area contributed by atoms with Gasteiger partial charge in [-0.1, -0.05) is 11.3 Å². The second-order valence-electron chi connectivity index (χ2n) is 4.67. The number of nitrogens with zero attached hydrogens (tertiary/aromatic N) is 3. The third-order valence-corrected chi connectivity index (χ3v) is 3.81. The zero-order valence-corrected chi connectivity index (χ0v) is 12.6. The maximum absolute atomic E-state index is 11.7. The van der Waals surface area contributed by atoms with Crippen LogP contribution in [0.2, 0.25) is 0 Å². The molecule has 0 saturated heterocycles.